The molecule has 2 rings (SSSR count). The Bertz CT molecular complexity index is 865. The largest absolute Gasteiger partial charge is 0.454 e. The first-order valence-electron chi connectivity index (χ1n) is 8.19. The molecule has 0 saturated carbocycles. The molecule has 0 radical (unpaired) electrons. The fraction of sp³-hybridized carbons (Fsp3) is 0.250. The molecule has 1 aromatic heterocycles. The third-order valence-electron chi connectivity index (χ3n) is 3.94. The molecule has 6 heteroatoms. The van der Waals surface area contributed by atoms with E-state index in [1.54, 1.807) is 30.3 Å². The number of nitrogens with zero attached hydrogens (tertiary/aromatic N) is 1. The van der Waals surface area contributed by atoms with Gasteiger partial charge in [-0.25, -0.2) is 4.79 Å². The number of carbonyl (C=O) groups excluding carboxylic acids is 3. The summed E-state index contributed by atoms with van der Waals surface area (Å²) in [6.07, 6.45) is 1.76. The van der Waals surface area contributed by atoms with E-state index in [0.29, 0.717) is 17.8 Å². The summed E-state index contributed by atoms with van der Waals surface area (Å²) >= 11 is 0. The summed E-state index contributed by atoms with van der Waals surface area (Å²) in [5, 5.41) is 2.59. The van der Waals surface area contributed by atoms with Gasteiger partial charge in [-0.05, 0) is 38.1 Å². The zero-order valence-corrected chi connectivity index (χ0v) is 15.2. The van der Waals surface area contributed by atoms with Crippen LogP contribution in [0.3, 0.4) is 0 Å². The maximum atomic E-state index is 12.4. The van der Waals surface area contributed by atoms with E-state index in [1.807, 2.05) is 18.4 Å². The lowest BCUT2D eigenvalue weighted by molar-refractivity contribution is -0.114. The average Bonchev–Trinajstić information content (AvgIpc) is 2.87. The maximum Gasteiger partial charge on any atom is 0.338 e. The quantitative estimate of drug-likeness (QED) is 0.470. The van der Waals surface area contributed by atoms with Crippen molar-refractivity contribution < 1.29 is 19.1 Å². The molecule has 0 aliphatic heterocycles. The van der Waals surface area contributed by atoms with Gasteiger partial charge in [0.05, 0.1) is 5.56 Å². The second-order valence-corrected chi connectivity index (χ2v) is 5.95. The van der Waals surface area contributed by atoms with Crippen LogP contribution in [0.25, 0.3) is 0 Å². The zero-order chi connectivity index (χ0) is 19.3. The number of allylic oxidation sites excluding steroid dienone is 1. The molecule has 1 N–H and O–H groups in total. The Kier molecular flexibility index (Phi) is 6.11. The molecule has 1 aromatic carbocycles. The van der Waals surface area contributed by atoms with Crippen LogP contribution < -0.4 is 5.32 Å². The van der Waals surface area contributed by atoms with E-state index in [4.69, 9.17) is 4.74 Å². The molecule has 6 nitrogen and oxygen atoms in total. The second-order valence-electron chi connectivity index (χ2n) is 5.95. The van der Waals surface area contributed by atoms with Gasteiger partial charge in [-0.2, -0.15) is 0 Å². The van der Waals surface area contributed by atoms with E-state index >= 15 is 0 Å². The highest BCUT2D eigenvalue weighted by molar-refractivity contribution is 6.00. The number of nitrogens with one attached hydrogen (secondary N) is 1. The van der Waals surface area contributed by atoms with Crippen molar-refractivity contribution in [3.05, 3.63) is 65.5 Å². The van der Waals surface area contributed by atoms with Crippen molar-refractivity contribution in [1.29, 1.82) is 0 Å². The highest BCUT2D eigenvalue weighted by Crippen LogP contribution is 2.17. The van der Waals surface area contributed by atoms with Crippen LogP contribution in [0.4, 0.5) is 5.69 Å². The van der Waals surface area contributed by atoms with Crippen molar-refractivity contribution >= 4 is 23.3 Å². The minimum atomic E-state index is -0.620. The Morgan fingerprint density at radius 3 is 2.62 bits per heavy atom. The first-order chi connectivity index (χ1) is 12.3. The Labute approximate surface area is 152 Å². The van der Waals surface area contributed by atoms with Crippen LogP contribution in [0.5, 0.6) is 0 Å². The molecule has 0 fully saturated rings. The molecule has 1 amide bonds. The molecule has 136 valence electrons. The van der Waals surface area contributed by atoms with Crippen LogP contribution in [0.2, 0.25) is 0 Å². The maximum absolute atomic E-state index is 12.4. The lowest BCUT2D eigenvalue weighted by Crippen LogP contribution is -2.15. The van der Waals surface area contributed by atoms with Crippen LogP contribution >= 0.6 is 0 Å². The molecule has 2 aromatic rings. The Morgan fingerprint density at radius 2 is 1.96 bits per heavy atom. The van der Waals surface area contributed by atoms with Crippen molar-refractivity contribution in [2.24, 2.45) is 0 Å². The molecular weight excluding hydrogens is 332 g/mol. The van der Waals surface area contributed by atoms with E-state index in [-0.39, 0.29) is 23.9 Å². The van der Waals surface area contributed by atoms with E-state index in [0.717, 1.165) is 11.4 Å². The van der Waals surface area contributed by atoms with Gasteiger partial charge < -0.3 is 14.6 Å². The Balaban J connectivity index is 2.05. The minimum Gasteiger partial charge on any atom is -0.454 e. The monoisotopic (exact) mass is 354 g/mol. The zero-order valence-electron chi connectivity index (χ0n) is 15.2. The highest BCUT2D eigenvalue weighted by Gasteiger charge is 2.17. The number of rotatable bonds is 7. The number of hydrogen-bond acceptors (Lipinski definition) is 4. The van der Waals surface area contributed by atoms with Gasteiger partial charge in [-0.3, -0.25) is 9.59 Å². The fourth-order valence-electron chi connectivity index (χ4n) is 2.71. The number of benzene rings is 1. The van der Waals surface area contributed by atoms with Crippen LogP contribution in [-0.2, 0) is 16.1 Å². The predicted octanol–water partition coefficient (Wildman–Crippen LogP) is 3.29. The summed E-state index contributed by atoms with van der Waals surface area (Å²) in [4.78, 5) is 35.7. The van der Waals surface area contributed by atoms with Gasteiger partial charge in [0.25, 0.3) is 0 Å². The molecule has 0 saturated heterocycles. The van der Waals surface area contributed by atoms with E-state index in [1.165, 1.54) is 13.0 Å². The van der Waals surface area contributed by atoms with E-state index in [2.05, 4.69) is 11.9 Å². The Morgan fingerprint density at radius 1 is 1.23 bits per heavy atom. The lowest BCUT2D eigenvalue weighted by Gasteiger charge is -2.08. The summed E-state index contributed by atoms with van der Waals surface area (Å²) in [6.45, 7) is 9.12. The van der Waals surface area contributed by atoms with Gasteiger partial charge in [0.15, 0.2) is 6.61 Å². The Hall–Kier alpha value is -3.15. The molecule has 0 aliphatic carbocycles. The summed E-state index contributed by atoms with van der Waals surface area (Å²) in [7, 11) is 0. The number of ketones is 1. The molecule has 0 bridgehead atoms. The van der Waals surface area contributed by atoms with Crippen LogP contribution in [-0.4, -0.2) is 28.8 Å². The van der Waals surface area contributed by atoms with Crippen LogP contribution in [0, 0.1) is 13.8 Å². The number of anilines is 1. The minimum absolute atomic E-state index is 0.236. The lowest BCUT2D eigenvalue weighted by atomic mass is 10.1. The fourth-order valence-corrected chi connectivity index (χ4v) is 2.71. The van der Waals surface area contributed by atoms with Gasteiger partial charge in [0.1, 0.15) is 0 Å². The second kappa shape index (κ2) is 8.29. The topological polar surface area (TPSA) is 77.4 Å². The standard InChI is InChI=1S/C20H22N2O4/c1-5-9-22-13(2)10-18(14(22)3)19(24)12-26-20(25)16-7-6-8-17(11-16)21-15(4)23/h5-8,10-11H,1,9,12H2,2-4H3,(H,21,23). The van der Waals surface area contributed by atoms with Crippen molar-refractivity contribution in [2.75, 3.05) is 11.9 Å². The number of carbonyl (C=O) groups is 3. The average molecular weight is 354 g/mol. The number of Topliss-reactive ketones (excluding diaryl/α,β-unsaturated/α-hetero) is 1. The normalized spacial score (nSPS) is 10.3. The number of esters is 1. The summed E-state index contributed by atoms with van der Waals surface area (Å²) in [5.74, 6) is -1.12. The van der Waals surface area contributed by atoms with E-state index in [9.17, 15) is 14.4 Å². The van der Waals surface area contributed by atoms with E-state index < -0.39 is 5.97 Å². The van der Waals surface area contributed by atoms with Crippen LogP contribution in [0.1, 0.15) is 39.0 Å². The summed E-state index contributed by atoms with van der Waals surface area (Å²) < 4.78 is 7.11. The first-order valence-corrected chi connectivity index (χ1v) is 8.19. The third-order valence-corrected chi connectivity index (χ3v) is 3.94. The third kappa shape index (κ3) is 4.47. The molecule has 0 aliphatic rings. The number of hydrogen-bond donors (Lipinski definition) is 1. The smallest absolute Gasteiger partial charge is 0.338 e. The van der Waals surface area contributed by atoms with Crippen LogP contribution in [0.15, 0.2) is 43.0 Å². The van der Waals surface area contributed by atoms with Crippen molar-refractivity contribution in [3.8, 4) is 0 Å². The SMILES string of the molecule is C=CCn1c(C)cc(C(=O)COC(=O)c2cccc(NC(C)=O)c2)c1C. The van der Waals surface area contributed by atoms with Crippen molar-refractivity contribution in [3.63, 3.8) is 0 Å². The predicted molar refractivity (Wildman–Crippen MR) is 99.5 cm³/mol. The molecule has 0 atom stereocenters. The van der Waals surface area contributed by atoms with Gasteiger partial charge in [-0.15, -0.1) is 6.58 Å². The molecule has 26 heavy (non-hydrogen) atoms. The number of aromatic nitrogens is 1. The first kappa shape index (κ1) is 19.2. The molecule has 0 spiro atoms. The highest BCUT2D eigenvalue weighted by atomic mass is 16.5. The van der Waals surface area contributed by atoms with Gasteiger partial charge in [0.2, 0.25) is 11.7 Å². The van der Waals surface area contributed by atoms with Crippen molar-refractivity contribution in [2.45, 2.75) is 27.3 Å². The summed E-state index contributed by atoms with van der Waals surface area (Å²) in [5.41, 5.74) is 3.05. The van der Waals surface area contributed by atoms with Gasteiger partial charge >= 0.3 is 5.97 Å². The molecule has 0 unspecified atom stereocenters. The number of amides is 1. The van der Waals surface area contributed by atoms with Gasteiger partial charge in [0, 0.05) is 36.1 Å². The number of aryl methyl sites for hydroxylation is 1. The molecular formula is C20H22N2O4. The summed E-state index contributed by atoms with van der Waals surface area (Å²) in [6, 6.07) is 8.15. The molecule has 1 heterocycles. The number of ether oxygens (including phenoxy) is 1. The van der Waals surface area contributed by atoms with Gasteiger partial charge in [-0.1, -0.05) is 12.1 Å². The van der Waals surface area contributed by atoms with Crippen molar-refractivity contribution in [1.82, 2.24) is 4.57 Å².